The molecule has 1 unspecified atom stereocenters. The van der Waals surface area contributed by atoms with E-state index in [9.17, 15) is 5.11 Å². The van der Waals surface area contributed by atoms with Crippen molar-refractivity contribution in [2.75, 3.05) is 5.32 Å². The van der Waals surface area contributed by atoms with E-state index in [0.717, 1.165) is 15.7 Å². The van der Waals surface area contributed by atoms with Crippen molar-refractivity contribution in [2.45, 2.75) is 26.8 Å². The van der Waals surface area contributed by atoms with Gasteiger partial charge in [0.05, 0.1) is 11.7 Å². The third kappa shape index (κ3) is 3.10. The van der Waals surface area contributed by atoms with E-state index in [-0.39, 0.29) is 11.8 Å². The van der Waals surface area contributed by atoms with Gasteiger partial charge in [0.1, 0.15) is 5.75 Å². The van der Waals surface area contributed by atoms with Crippen LogP contribution in [0.15, 0.2) is 34.8 Å². The van der Waals surface area contributed by atoms with Crippen molar-refractivity contribution in [3.8, 4) is 5.75 Å². The molecule has 4 heteroatoms. The molecule has 0 saturated heterocycles. The van der Waals surface area contributed by atoms with Gasteiger partial charge in [0, 0.05) is 15.1 Å². The number of benzene rings is 2. The van der Waals surface area contributed by atoms with E-state index in [1.54, 1.807) is 18.2 Å². The van der Waals surface area contributed by atoms with Crippen LogP contribution in [0.3, 0.4) is 0 Å². The van der Waals surface area contributed by atoms with Crippen molar-refractivity contribution in [2.24, 2.45) is 0 Å². The van der Waals surface area contributed by atoms with E-state index in [2.05, 4.69) is 41.2 Å². The first-order valence-electron chi connectivity index (χ1n) is 6.40. The van der Waals surface area contributed by atoms with E-state index in [1.165, 1.54) is 11.1 Å². The minimum atomic E-state index is -0.0505. The highest BCUT2D eigenvalue weighted by Crippen LogP contribution is 2.34. The molecule has 0 aliphatic carbocycles. The van der Waals surface area contributed by atoms with Gasteiger partial charge in [-0.05, 0) is 72.1 Å². The van der Waals surface area contributed by atoms with Crippen molar-refractivity contribution in [1.82, 2.24) is 0 Å². The van der Waals surface area contributed by atoms with E-state index in [0.29, 0.717) is 5.02 Å². The number of aromatic hydroxyl groups is 1. The molecule has 106 valence electrons. The maximum Gasteiger partial charge on any atom is 0.120 e. The van der Waals surface area contributed by atoms with Gasteiger partial charge < -0.3 is 10.4 Å². The molecule has 0 spiro atoms. The molecule has 0 fully saturated rings. The molecule has 2 aromatic carbocycles. The fourth-order valence-corrected chi connectivity index (χ4v) is 2.85. The van der Waals surface area contributed by atoms with Gasteiger partial charge in [0.2, 0.25) is 0 Å². The molecule has 2 N–H and O–H groups in total. The van der Waals surface area contributed by atoms with Gasteiger partial charge in [-0.25, -0.2) is 0 Å². The van der Waals surface area contributed by atoms with E-state index >= 15 is 0 Å². The summed E-state index contributed by atoms with van der Waals surface area (Å²) in [5.74, 6) is 0.246. The maximum atomic E-state index is 9.97. The summed E-state index contributed by atoms with van der Waals surface area (Å²) in [6, 6.07) is 9.13. The van der Waals surface area contributed by atoms with Crippen molar-refractivity contribution >= 4 is 33.2 Å². The zero-order chi connectivity index (χ0) is 14.9. The number of rotatable bonds is 3. The van der Waals surface area contributed by atoms with Crippen LogP contribution in [0.25, 0.3) is 0 Å². The van der Waals surface area contributed by atoms with Gasteiger partial charge in [-0.3, -0.25) is 0 Å². The molecule has 0 radical (unpaired) electrons. The Labute approximate surface area is 132 Å². The molecule has 0 heterocycles. The standard InChI is InChI=1S/C16H17BrClNO/c1-9-4-6-14(17)16(10(9)2)19-11(3)13-8-12(18)5-7-15(13)20/h4-8,11,19-20H,1-3H3. The SMILES string of the molecule is Cc1ccc(Br)c(NC(C)c2cc(Cl)ccc2O)c1C. The number of aryl methyl sites for hydroxylation is 1. The Morgan fingerprint density at radius 2 is 1.90 bits per heavy atom. The Bertz CT molecular complexity index is 643. The number of phenols is 1. The first-order chi connectivity index (χ1) is 9.40. The summed E-state index contributed by atoms with van der Waals surface area (Å²) in [6.07, 6.45) is 0. The molecular weight excluding hydrogens is 338 g/mol. The molecule has 2 aromatic rings. The van der Waals surface area contributed by atoms with Gasteiger partial charge in [-0.15, -0.1) is 0 Å². The summed E-state index contributed by atoms with van der Waals surface area (Å²) in [7, 11) is 0. The highest BCUT2D eigenvalue weighted by atomic mass is 79.9. The largest absolute Gasteiger partial charge is 0.508 e. The average molecular weight is 355 g/mol. The van der Waals surface area contributed by atoms with E-state index in [4.69, 9.17) is 11.6 Å². The van der Waals surface area contributed by atoms with Gasteiger partial charge >= 0.3 is 0 Å². The minimum Gasteiger partial charge on any atom is -0.508 e. The zero-order valence-electron chi connectivity index (χ0n) is 11.7. The van der Waals surface area contributed by atoms with Crippen molar-refractivity contribution in [3.63, 3.8) is 0 Å². The Morgan fingerprint density at radius 3 is 2.60 bits per heavy atom. The minimum absolute atomic E-state index is 0.0505. The van der Waals surface area contributed by atoms with E-state index < -0.39 is 0 Å². The lowest BCUT2D eigenvalue weighted by atomic mass is 10.0. The molecule has 0 saturated carbocycles. The maximum absolute atomic E-state index is 9.97. The van der Waals surface area contributed by atoms with E-state index in [1.807, 2.05) is 13.0 Å². The van der Waals surface area contributed by atoms with Crippen LogP contribution in [-0.4, -0.2) is 5.11 Å². The van der Waals surface area contributed by atoms with Gasteiger partial charge in [0.15, 0.2) is 0 Å². The molecule has 2 rings (SSSR count). The molecule has 0 aliphatic heterocycles. The van der Waals surface area contributed by atoms with Crippen LogP contribution in [0, 0.1) is 13.8 Å². The molecule has 0 aliphatic rings. The third-order valence-corrected chi connectivity index (χ3v) is 4.40. The quantitative estimate of drug-likeness (QED) is 0.752. The van der Waals surface area contributed by atoms with Crippen LogP contribution in [0.5, 0.6) is 5.75 Å². The fraction of sp³-hybridized carbons (Fsp3) is 0.250. The summed E-state index contributed by atoms with van der Waals surface area (Å²) < 4.78 is 1.01. The van der Waals surface area contributed by atoms with Gasteiger partial charge in [-0.1, -0.05) is 17.7 Å². The normalized spacial score (nSPS) is 12.2. The first-order valence-corrected chi connectivity index (χ1v) is 7.58. The Hall–Kier alpha value is -1.19. The van der Waals surface area contributed by atoms with Crippen LogP contribution in [-0.2, 0) is 0 Å². The number of halogens is 2. The third-order valence-electron chi connectivity index (χ3n) is 3.50. The predicted octanol–water partition coefficient (Wildman–Crippen LogP) is 5.60. The molecule has 1 atom stereocenters. The number of hydrogen-bond donors (Lipinski definition) is 2. The lowest BCUT2D eigenvalue weighted by Crippen LogP contribution is -2.09. The van der Waals surface area contributed by atoms with Crippen LogP contribution < -0.4 is 5.32 Å². The zero-order valence-corrected chi connectivity index (χ0v) is 14.0. The lowest BCUT2D eigenvalue weighted by molar-refractivity contribution is 0.465. The first kappa shape index (κ1) is 15.2. The smallest absolute Gasteiger partial charge is 0.120 e. The topological polar surface area (TPSA) is 32.3 Å². The van der Waals surface area contributed by atoms with Crippen LogP contribution in [0.1, 0.15) is 29.7 Å². The monoisotopic (exact) mass is 353 g/mol. The molecule has 0 bridgehead atoms. The number of hydrogen-bond acceptors (Lipinski definition) is 2. The summed E-state index contributed by atoms with van der Waals surface area (Å²) in [5, 5.41) is 14.0. The molecular formula is C16H17BrClNO. The number of phenolic OH excluding ortho intramolecular Hbond substituents is 1. The highest BCUT2D eigenvalue weighted by molar-refractivity contribution is 9.10. The molecule has 0 amide bonds. The van der Waals surface area contributed by atoms with Crippen LogP contribution >= 0.6 is 27.5 Å². The average Bonchev–Trinajstić information content (AvgIpc) is 2.41. The van der Waals surface area contributed by atoms with Gasteiger partial charge in [-0.2, -0.15) is 0 Å². The predicted molar refractivity (Wildman–Crippen MR) is 88.8 cm³/mol. The van der Waals surface area contributed by atoms with Crippen LogP contribution in [0.4, 0.5) is 5.69 Å². The number of anilines is 1. The number of nitrogens with one attached hydrogen (secondary N) is 1. The molecule has 20 heavy (non-hydrogen) atoms. The van der Waals surface area contributed by atoms with Crippen molar-refractivity contribution in [1.29, 1.82) is 0 Å². The molecule has 2 nitrogen and oxygen atoms in total. The Morgan fingerprint density at radius 1 is 1.20 bits per heavy atom. The van der Waals surface area contributed by atoms with Gasteiger partial charge in [0.25, 0.3) is 0 Å². The second kappa shape index (κ2) is 6.06. The Kier molecular flexibility index (Phi) is 4.61. The fourth-order valence-electron chi connectivity index (χ4n) is 2.13. The summed E-state index contributed by atoms with van der Waals surface area (Å²) in [4.78, 5) is 0. The molecule has 0 aromatic heterocycles. The second-order valence-electron chi connectivity index (χ2n) is 4.93. The summed E-state index contributed by atoms with van der Waals surface area (Å²) in [6.45, 7) is 6.15. The highest BCUT2D eigenvalue weighted by Gasteiger charge is 2.14. The summed E-state index contributed by atoms with van der Waals surface area (Å²) in [5.41, 5.74) is 4.23. The van der Waals surface area contributed by atoms with Crippen molar-refractivity contribution < 1.29 is 5.11 Å². The second-order valence-corrected chi connectivity index (χ2v) is 6.22. The van der Waals surface area contributed by atoms with Crippen molar-refractivity contribution in [3.05, 3.63) is 56.5 Å². The lowest BCUT2D eigenvalue weighted by Gasteiger charge is -2.20. The Balaban J connectivity index is 2.35. The summed E-state index contributed by atoms with van der Waals surface area (Å²) >= 11 is 9.57. The van der Waals surface area contributed by atoms with Crippen LogP contribution in [0.2, 0.25) is 5.02 Å².